The van der Waals surface area contributed by atoms with Crippen LogP contribution >= 0.6 is 0 Å². The fraction of sp³-hybridized carbons (Fsp3) is 0.222. The highest BCUT2D eigenvalue weighted by molar-refractivity contribution is 5.93. The van der Waals surface area contributed by atoms with Crippen LogP contribution in [0.5, 0.6) is 11.5 Å². The highest BCUT2D eigenvalue weighted by Gasteiger charge is 2.28. The smallest absolute Gasteiger partial charge is 0.246 e. The van der Waals surface area contributed by atoms with Crippen molar-refractivity contribution >= 4 is 16.8 Å². The van der Waals surface area contributed by atoms with Crippen LogP contribution in [0.2, 0.25) is 0 Å². The molecule has 0 radical (unpaired) electrons. The van der Waals surface area contributed by atoms with Crippen molar-refractivity contribution in [1.29, 1.82) is 0 Å². The molecule has 1 amide bonds. The zero-order chi connectivity index (χ0) is 23.7. The average molecular weight is 457 g/mol. The van der Waals surface area contributed by atoms with Gasteiger partial charge in [0.2, 0.25) is 5.91 Å². The van der Waals surface area contributed by atoms with E-state index in [9.17, 15) is 9.18 Å². The van der Waals surface area contributed by atoms with Crippen molar-refractivity contribution in [1.82, 2.24) is 19.7 Å². The molecule has 1 aliphatic heterocycles. The van der Waals surface area contributed by atoms with E-state index in [1.54, 1.807) is 29.3 Å². The minimum Gasteiger partial charge on any atom is -0.454 e. The van der Waals surface area contributed by atoms with E-state index in [1.807, 2.05) is 48.1 Å². The van der Waals surface area contributed by atoms with Gasteiger partial charge in [-0.25, -0.2) is 4.39 Å². The number of aryl methyl sites for hydroxylation is 1. The molecule has 1 saturated heterocycles. The second kappa shape index (κ2) is 9.09. The molecule has 0 spiro atoms. The molecule has 0 unspecified atom stereocenters. The van der Waals surface area contributed by atoms with E-state index in [-0.39, 0.29) is 23.5 Å². The van der Waals surface area contributed by atoms with Gasteiger partial charge in [-0.05, 0) is 60.9 Å². The van der Waals surface area contributed by atoms with Gasteiger partial charge >= 0.3 is 0 Å². The minimum absolute atomic E-state index is 0.0580. The van der Waals surface area contributed by atoms with Crippen LogP contribution in [0.15, 0.2) is 73.6 Å². The number of rotatable bonds is 6. The van der Waals surface area contributed by atoms with Gasteiger partial charge in [0.15, 0.2) is 11.6 Å². The van der Waals surface area contributed by atoms with E-state index >= 15 is 0 Å². The molecular weight excluding hydrogens is 431 g/mol. The number of hydrogen-bond donors (Lipinski definition) is 0. The van der Waals surface area contributed by atoms with Gasteiger partial charge in [-0.3, -0.25) is 14.5 Å². The summed E-state index contributed by atoms with van der Waals surface area (Å²) in [6, 6.07) is 14.7. The van der Waals surface area contributed by atoms with Gasteiger partial charge < -0.3 is 9.64 Å². The first-order valence-corrected chi connectivity index (χ1v) is 11.4. The van der Waals surface area contributed by atoms with Crippen LogP contribution in [0.3, 0.4) is 0 Å². The monoisotopic (exact) mass is 456 g/mol. The highest BCUT2D eigenvalue weighted by Crippen LogP contribution is 2.34. The van der Waals surface area contributed by atoms with Gasteiger partial charge in [-0.2, -0.15) is 5.10 Å². The van der Waals surface area contributed by atoms with Gasteiger partial charge in [-0.15, -0.1) is 0 Å². The summed E-state index contributed by atoms with van der Waals surface area (Å²) in [6.45, 7) is 6.78. The Morgan fingerprint density at radius 2 is 2.06 bits per heavy atom. The summed E-state index contributed by atoms with van der Waals surface area (Å²) in [5.74, 6) is 0.376. The second-order valence-electron chi connectivity index (χ2n) is 8.33. The van der Waals surface area contributed by atoms with Crippen molar-refractivity contribution in [2.75, 3.05) is 13.1 Å². The minimum atomic E-state index is -0.328. The third-order valence-corrected chi connectivity index (χ3v) is 6.28. The SMILES string of the molecule is C=CC(=O)N1CC[C@@H](n2nc(-c3ccc(Oc4cccc(CC)c4F)cc3)c3cnccc32)C1. The predicted molar refractivity (Wildman–Crippen MR) is 129 cm³/mol. The quantitative estimate of drug-likeness (QED) is 0.357. The lowest BCUT2D eigenvalue weighted by molar-refractivity contribution is -0.125. The number of hydrogen-bond acceptors (Lipinski definition) is 4. The lowest BCUT2D eigenvalue weighted by Crippen LogP contribution is -2.27. The number of halogens is 1. The number of aromatic nitrogens is 3. The molecule has 34 heavy (non-hydrogen) atoms. The normalized spacial score (nSPS) is 15.6. The molecule has 0 aliphatic carbocycles. The maximum absolute atomic E-state index is 14.6. The third kappa shape index (κ3) is 3.94. The first kappa shape index (κ1) is 21.8. The maximum Gasteiger partial charge on any atom is 0.246 e. The van der Waals surface area contributed by atoms with Gasteiger partial charge in [0, 0.05) is 36.4 Å². The molecule has 5 rings (SSSR count). The van der Waals surface area contributed by atoms with Crippen LogP contribution < -0.4 is 4.74 Å². The number of pyridine rings is 1. The Morgan fingerprint density at radius 3 is 2.82 bits per heavy atom. The molecule has 4 aromatic rings. The first-order chi connectivity index (χ1) is 16.6. The third-order valence-electron chi connectivity index (χ3n) is 6.28. The van der Waals surface area contributed by atoms with Crippen LogP contribution in [0, 0.1) is 5.82 Å². The largest absolute Gasteiger partial charge is 0.454 e. The lowest BCUT2D eigenvalue weighted by Gasteiger charge is -2.15. The molecule has 2 aromatic heterocycles. The highest BCUT2D eigenvalue weighted by atomic mass is 19.1. The molecular formula is C27H25FN4O2. The number of nitrogens with zero attached hydrogens (tertiary/aromatic N) is 4. The number of amides is 1. The lowest BCUT2D eigenvalue weighted by atomic mass is 10.1. The zero-order valence-electron chi connectivity index (χ0n) is 18.9. The van der Waals surface area contributed by atoms with Crippen LogP contribution in [0.1, 0.15) is 24.9 Å². The Hall–Kier alpha value is -4.00. The fourth-order valence-corrected chi connectivity index (χ4v) is 4.46. The summed E-state index contributed by atoms with van der Waals surface area (Å²) in [6.07, 6.45) is 6.35. The molecule has 1 aliphatic rings. The summed E-state index contributed by atoms with van der Waals surface area (Å²) < 4.78 is 22.4. The van der Waals surface area contributed by atoms with Gasteiger partial charge in [0.25, 0.3) is 0 Å². The molecule has 0 bridgehead atoms. The van der Waals surface area contributed by atoms with E-state index in [0.717, 1.165) is 28.6 Å². The van der Waals surface area contributed by atoms with Crippen LogP contribution in [-0.2, 0) is 11.2 Å². The van der Waals surface area contributed by atoms with Gasteiger partial charge in [-0.1, -0.05) is 25.6 Å². The standard InChI is InChI=1S/C27H25FN4O2/c1-3-18-6-5-7-24(26(18)28)34-21-10-8-19(9-11-21)27-22-16-29-14-12-23(22)32(30-27)20-13-15-31(17-20)25(33)4-2/h4-12,14,16,20H,2-3,13,15,17H2,1H3/t20-/m1/s1. The molecule has 172 valence electrons. The maximum atomic E-state index is 14.6. The molecule has 0 N–H and O–H groups in total. The number of ether oxygens (including phenoxy) is 1. The number of fused-ring (bicyclic) bond motifs is 1. The molecule has 7 heteroatoms. The number of likely N-dealkylation sites (tertiary alicyclic amines) is 1. The van der Waals surface area contributed by atoms with Crippen LogP contribution in [-0.4, -0.2) is 38.7 Å². The van der Waals surface area contributed by atoms with Crippen molar-refractivity contribution < 1.29 is 13.9 Å². The summed E-state index contributed by atoms with van der Waals surface area (Å²) in [7, 11) is 0. The summed E-state index contributed by atoms with van der Waals surface area (Å²) in [5, 5.41) is 5.86. The van der Waals surface area contributed by atoms with Crippen LogP contribution in [0.25, 0.3) is 22.2 Å². The topological polar surface area (TPSA) is 60.2 Å². The van der Waals surface area contributed by atoms with Crippen molar-refractivity contribution in [3.63, 3.8) is 0 Å². The number of benzene rings is 2. The molecule has 1 atom stereocenters. The average Bonchev–Trinajstić information content (AvgIpc) is 3.51. The Bertz CT molecular complexity index is 1360. The number of carbonyl (C=O) groups excluding carboxylic acids is 1. The van der Waals surface area contributed by atoms with E-state index in [2.05, 4.69) is 11.6 Å². The molecule has 2 aromatic carbocycles. The van der Waals surface area contributed by atoms with E-state index in [0.29, 0.717) is 30.8 Å². The zero-order valence-corrected chi connectivity index (χ0v) is 18.9. The van der Waals surface area contributed by atoms with Crippen molar-refractivity contribution in [3.05, 3.63) is 85.0 Å². The van der Waals surface area contributed by atoms with E-state index < -0.39 is 0 Å². The Morgan fingerprint density at radius 1 is 1.24 bits per heavy atom. The predicted octanol–water partition coefficient (Wildman–Crippen LogP) is 5.55. The molecule has 3 heterocycles. The van der Waals surface area contributed by atoms with Crippen molar-refractivity contribution in [2.45, 2.75) is 25.8 Å². The van der Waals surface area contributed by atoms with E-state index in [4.69, 9.17) is 9.84 Å². The number of carbonyl (C=O) groups is 1. The van der Waals surface area contributed by atoms with Crippen molar-refractivity contribution in [2.24, 2.45) is 0 Å². The van der Waals surface area contributed by atoms with Gasteiger partial charge in [0.1, 0.15) is 11.4 Å². The Balaban J connectivity index is 1.44. The van der Waals surface area contributed by atoms with Crippen molar-refractivity contribution in [3.8, 4) is 22.8 Å². The fourth-order valence-electron chi connectivity index (χ4n) is 4.46. The first-order valence-electron chi connectivity index (χ1n) is 11.4. The van der Waals surface area contributed by atoms with Gasteiger partial charge in [0.05, 0.1) is 11.6 Å². The molecule has 0 saturated carbocycles. The summed E-state index contributed by atoms with van der Waals surface area (Å²) in [4.78, 5) is 18.1. The summed E-state index contributed by atoms with van der Waals surface area (Å²) >= 11 is 0. The van der Waals surface area contributed by atoms with Crippen LogP contribution in [0.4, 0.5) is 4.39 Å². The summed E-state index contributed by atoms with van der Waals surface area (Å²) in [5.41, 5.74) is 3.31. The molecule has 1 fully saturated rings. The molecule has 6 nitrogen and oxygen atoms in total. The Labute approximate surface area is 197 Å². The van der Waals surface area contributed by atoms with E-state index in [1.165, 1.54) is 6.08 Å². The second-order valence-corrected chi connectivity index (χ2v) is 8.33. The Kier molecular flexibility index (Phi) is 5.84.